The van der Waals surface area contributed by atoms with E-state index in [1.165, 1.54) is 30.5 Å². The lowest BCUT2D eigenvalue weighted by Gasteiger charge is -2.15. The van der Waals surface area contributed by atoms with Gasteiger partial charge in [0.2, 0.25) is 0 Å². The van der Waals surface area contributed by atoms with Gasteiger partial charge in [-0.15, -0.1) is 0 Å². The molecule has 1 aliphatic heterocycles. The second-order valence-electron chi connectivity index (χ2n) is 5.20. The predicted molar refractivity (Wildman–Crippen MR) is 71.1 cm³/mol. The maximum atomic E-state index is 12.8. The van der Waals surface area contributed by atoms with E-state index in [2.05, 4.69) is 12.2 Å². The summed E-state index contributed by atoms with van der Waals surface area (Å²) in [5.41, 5.74) is 1.18. The molecule has 100 valence electrons. The Morgan fingerprint density at radius 3 is 2.83 bits per heavy atom. The molecule has 1 aliphatic rings. The number of halogens is 1. The van der Waals surface area contributed by atoms with E-state index in [-0.39, 0.29) is 5.82 Å². The molecule has 2 atom stereocenters. The highest BCUT2D eigenvalue weighted by molar-refractivity contribution is 5.16. The average molecular weight is 251 g/mol. The largest absolute Gasteiger partial charge is 0.381 e. The van der Waals surface area contributed by atoms with Crippen molar-refractivity contribution in [3.05, 3.63) is 35.6 Å². The van der Waals surface area contributed by atoms with Crippen molar-refractivity contribution >= 4 is 0 Å². The van der Waals surface area contributed by atoms with E-state index in [9.17, 15) is 4.39 Å². The standard InChI is InChI=1S/C15H22FNO/c1-12(10-13-2-4-15(16)5-3-13)17-8-6-14-7-9-18-11-14/h2-5,12,14,17H,6-11H2,1H3. The summed E-state index contributed by atoms with van der Waals surface area (Å²) in [5.74, 6) is 0.566. The van der Waals surface area contributed by atoms with Gasteiger partial charge in [-0.3, -0.25) is 0 Å². The first-order valence-electron chi connectivity index (χ1n) is 6.79. The van der Waals surface area contributed by atoms with Crippen molar-refractivity contribution in [1.82, 2.24) is 5.32 Å². The second kappa shape index (κ2) is 6.86. The highest BCUT2D eigenvalue weighted by atomic mass is 19.1. The third kappa shape index (κ3) is 4.39. The molecule has 1 aromatic rings. The molecule has 0 aliphatic carbocycles. The van der Waals surface area contributed by atoms with Gasteiger partial charge in [0, 0.05) is 19.3 Å². The van der Waals surface area contributed by atoms with Gasteiger partial charge in [-0.2, -0.15) is 0 Å². The van der Waals surface area contributed by atoms with Crippen LogP contribution in [0.2, 0.25) is 0 Å². The van der Waals surface area contributed by atoms with Crippen molar-refractivity contribution in [2.45, 2.75) is 32.2 Å². The van der Waals surface area contributed by atoms with Crippen molar-refractivity contribution in [2.75, 3.05) is 19.8 Å². The lowest BCUT2D eigenvalue weighted by Crippen LogP contribution is -2.30. The zero-order chi connectivity index (χ0) is 12.8. The van der Waals surface area contributed by atoms with Crippen LogP contribution in [0.15, 0.2) is 24.3 Å². The lowest BCUT2D eigenvalue weighted by molar-refractivity contribution is 0.184. The quantitative estimate of drug-likeness (QED) is 0.839. The van der Waals surface area contributed by atoms with Gasteiger partial charge in [-0.05, 0) is 56.3 Å². The van der Waals surface area contributed by atoms with Crippen molar-refractivity contribution in [3.8, 4) is 0 Å². The summed E-state index contributed by atoms with van der Waals surface area (Å²) >= 11 is 0. The summed E-state index contributed by atoms with van der Waals surface area (Å²) in [6, 6.07) is 7.20. The fourth-order valence-corrected chi connectivity index (χ4v) is 2.39. The summed E-state index contributed by atoms with van der Waals surface area (Å²) in [4.78, 5) is 0. The van der Waals surface area contributed by atoms with Crippen LogP contribution in [0.25, 0.3) is 0 Å². The monoisotopic (exact) mass is 251 g/mol. The molecule has 1 aromatic carbocycles. The molecular formula is C15H22FNO. The van der Waals surface area contributed by atoms with Gasteiger partial charge in [-0.1, -0.05) is 12.1 Å². The summed E-state index contributed by atoms with van der Waals surface area (Å²) in [7, 11) is 0. The Bertz CT molecular complexity index is 346. The van der Waals surface area contributed by atoms with Gasteiger partial charge in [-0.25, -0.2) is 4.39 Å². The molecule has 1 saturated heterocycles. The smallest absolute Gasteiger partial charge is 0.123 e. The molecule has 0 radical (unpaired) electrons. The first-order chi connectivity index (χ1) is 8.74. The first-order valence-corrected chi connectivity index (χ1v) is 6.79. The predicted octanol–water partition coefficient (Wildman–Crippen LogP) is 2.77. The number of rotatable bonds is 6. The molecule has 0 spiro atoms. The van der Waals surface area contributed by atoms with Gasteiger partial charge in [0.15, 0.2) is 0 Å². The average Bonchev–Trinajstić information content (AvgIpc) is 2.85. The fourth-order valence-electron chi connectivity index (χ4n) is 2.39. The summed E-state index contributed by atoms with van der Waals surface area (Å²) in [6.45, 7) is 5.06. The van der Waals surface area contributed by atoms with Gasteiger partial charge < -0.3 is 10.1 Å². The highest BCUT2D eigenvalue weighted by Gasteiger charge is 2.15. The van der Waals surface area contributed by atoms with Crippen LogP contribution in [-0.2, 0) is 11.2 Å². The van der Waals surface area contributed by atoms with Gasteiger partial charge in [0.25, 0.3) is 0 Å². The van der Waals surface area contributed by atoms with Crippen molar-refractivity contribution < 1.29 is 9.13 Å². The van der Waals surface area contributed by atoms with Crippen molar-refractivity contribution in [2.24, 2.45) is 5.92 Å². The number of hydrogen-bond acceptors (Lipinski definition) is 2. The van der Waals surface area contributed by atoms with E-state index >= 15 is 0 Å². The van der Waals surface area contributed by atoms with E-state index in [1.807, 2.05) is 12.1 Å². The Hall–Kier alpha value is -0.930. The topological polar surface area (TPSA) is 21.3 Å². The molecule has 1 fully saturated rings. The number of benzene rings is 1. The molecule has 2 nitrogen and oxygen atoms in total. The van der Waals surface area contributed by atoms with Crippen LogP contribution in [0.5, 0.6) is 0 Å². The minimum Gasteiger partial charge on any atom is -0.381 e. The van der Waals surface area contributed by atoms with Crippen LogP contribution in [0.3, 0.4) is 0 Å². The van der Waals surface area contributed by atoms with Crippen molar-refractivity contribution in [3.63, 3.8) is 0 Å². The number of ether oxygens (including phenoxy) is 1. The highest BCUT2D eigenvalue weighted by Crippen LogP contribution is 2.15. The minimum absolute atomic E-state index is 0.166. The Morgan fingerprint density at radius 1 is 1.39 bits per heavy atom. The van der Waals surface area contributed by atoms with Crippen LogP contribution in [-0.4, -0.2) is 25.8 Å². The van der Waals surface area contributed by atoms with Gasteiger partial charge >= 0.3 is 0 Å². The normalized spacial score (nSPS) is 21.1. The van der Waals surface area contributed by atoms with E-state index in [0.29, 0.717) is 6.04 Å². The molecule has 3 heteroatoms. The van der Waals surface area contributed by atoms with E-state index in [1.54, 1.807) is 0 Å². The van der Waals surface area contributed by atoms with Crippen LogP contribution in [0.4, 0.5) is 4.39 Å². The molecule has 0 amide bonds. The maximum absolute atomic E-state index is 12.8. The van der Waals surface area contributed by atoms with E-state index in [0.717, 1.165) is 32.1 Å². The Balaban J connectivity index is 1.65. The molecule has 2 unspecified atom stereocenters. The molecule has 1 N–H and O–H groups in total. The minimum atomic E-state index is -0.166. The maximum Gasteiger partial charge on any atom is 0.123 e. The van der Waals surface area contributed by atoms with Crippen LogP contribution in [0, 0.1) is 11.7 Å². The summed E-state index contributed by atoms with van der Waals surface area (Å²) in [6.07, 6.45) is 3.34. The number of nitrogens with one attached hydrogen (secondary N) is 1. The van der Waals surface area contributed by atoms with E-state index in [4.69, 9.17) is 4.74 Å². The SMILES string of the molecule is CC(Cc1ccc(F)cc1)NCCC1CCOC1. The molecule has 0 bridgehead atoms. The summed E-state index contributed by atoms with van der Waals surface area (Å²) in [5, 5.41) is 3.52. The van der Waals surface area contributed by atoms with Crippen LogP contribution >= 0.6 is 0 Å². The van der Waals surface area contributed by atoms with Crippen LogP contribution < -0.4 is 5.32 Å². The first kappa shape index (κ1) is 13.5. The van der Waals surface area contributed by atoms with E-state index < -0.39 is 0 Å². The fraction of sp³-hybridized carbons (Fsp3) is 0.600. The molecule has 2 rings (SSSR count). The zero-order valence-corrected chi connectivity index (χ0v) is 11.0. The second-order valence-corrected chi connectivity index (χ2v) is 5.20. The number of hydrogen-bond donors (Lipinski definition) is 1. The molecule has 0 aromatic heterocycles. The molecule has 1 heterocycles. The van der Waals surface area contributed by atoms with Crippen LogP contribution in [0.1, 0.15) is 25.3 Å². The van der Waals surface area contributed by atoms with Crippen molar-refractivity contribution in [1.29, 1.82) is 0 Å². The molecular weight excluding hydrogens is 229 g/mol. The van der Waals surface area contributed by atoms with Gasteiger partial charge in [0.05, 0.1) is 0 Å². The molecule has 0 saturated carbocycles. The summed E-state index contributed by atoms with van der Waals surface area (Å²) < 4.78 is 18.1. The Kier molecular flexibility index (Phi) is 5.14. The Labute approximate surface area is 109 Å². The third-order valence-electron chi connectivity index (χ3n) is 3.52. The zero-order valence-electron chi connectivity index (χ0n) is 11.0. The third-order valence-corrected chi connectivity index (χ3v) is 3.52. The Morgan fingerprint density at radius 2 is 2.17 bits per heavy atom. The molecule has 18 heavy (non-hydrogen) atoms. The lowest BCUT2D eigenvalue weighted by atomic mass is 10.0. The van der Waals surface area contributed by atoms with Gasteiger partial charge in [0.1, 0.15) is 5.82 Å².